The van der Waals surface area contributed by atoms with Crippen LogP contribution in [0.15, 0.2) is 57.3 Å². The van der Waals surface area contributed by atoms with E-state index in [-0.39, 0.29) is 33.2 Å². The first kappa shape index (κ1) is 35.3. The number of ketones is 2. The SMILES string of the molecule is CO[C@H]1[C@@H](OC)C[C@H](C)[C@@H](OC)C2=CC(=O)C(Br)=C(NC(=O)/C(C)=C/C=C\[C@H](OC)[C@@H](OC(N)=O)/C(C)=C/[C@@H]1C)C2=O. The smallest absolute Gasteiger partial charge is 0.405 e. The van der Waals surface area contributed by atoms with Crippen LogP contribution in [-0.2, 0) is 38.1 Å². The number of allylic oxidation sites excluding steroid dienone is 5. The van der Waals surface area contributed by atoms with Crippen molar-refractivity contribution in [2.45, 2.75) is 64.6 Å². The first-order valence-corrected chi connectivity index (χ1v) is 14.2. The molecule has 11 nitrogen and oxygen atoms in total. The van der Waals surface area contributed by atoms with Gasteiger partial charge in [0.15, 0.2) is 11.9 Å². The zero-order valence-electron chi connectivity index (χ0n) is 25.3. The lowest BCUT2D eigenvalue weighted by Crippen LogP contribution is -2.41. The van der Waals surface area contributed by atoms with Gasteiger partial charge in [-0.25, -0.2) is 4.79 Å². The normalized spacial score (nSPS) is 33.6. The van der Waals surface area contributed by atoms with E-state index in [2.05, 4.69) is 21.2 Å². The summed E-state index contributed by atoms with van der Waals surface area (Å²) in [6.07, 6.45) is 3.91. The molecule has 2 aliphatic rings. The van der Waals surface area contributed by atoms with Crippen molar-refractivity contribution in [3.05, 3.63) is 57.3 Å². The number of carbonyl (C=O) groups is 4. The molecule has 1 heterocycles. The number of Topliss-reactive ketones (excluding diaryl/α,β-unsaturated/α-hetero) is 1. The van der Waals surface area contributed by atoms with E-state index in [4.69, 9.17) is 29.4 Å². The summed E-state index contributed by atoms with van der Waals surface area (Å²) in [6.45, 7) is 7.15. The van der Waals surface area contributed by atoms with Crippen molar-refractivity contribution in [3.63, 3.8) is 0 Å². The molecule has 2 bridgehead atoms. The van der Waals surface area contributed by atoms with Gasteiger partial charge in [-0.05, 0) is 53.8 Å². The molecular formula is C30H41BrN2O9. The average molecular weight is 654 g/mol. The second kappa shape index (κ2) is 16.1. The van der Waals surface area contributed by atoms with Gasteiger partial charge in [0, 0.05) is 45.5 Å². The fraction of sp³-hybridized carbons (Fsp3) is 0.533. The fourth-order valence-corrected chi connectivity index (χ4v) is 5.63. The van der Waals surface area contributed by atoms with Crippen molar-refractivity contribution in [2.75, 3.05) is 28.4 Å². The number of hydrogen-bond donors (Lipinski definition) is 2. The summed E-state index contributed by atoms with van der Waals surface area (Å²) in [5, 5.41) is 2.56. The van der Waals surface area contributed by atoms with E-state index in [0.717, 1.165) is 0 Å². The Bertz CT molecular complexity index is 1200. The van der Waals surface area contributed by atoms with Crippen LogP contribution in [0.3, 0.4) is 0 Å². The third-order valence-corrected chi connectivity index (χ3v) is 8.17. The van der Waals surface area contributed by atoms with Gasteiger partial charge >= 0.3 is 6.09 Å². The third-order valence-electron chi connectivity index (χ3n) is 7.38. The molecule has 2 amide bonds. The van der Waals surface area contributed by atoms with E-state index >= 15 is 0 Å². The molecule has 1 aliphatic heterocycles. The Hall–Kier alpha value is -2.90. The first-order valence-electron chi connectivity index (χ1n) is 13.4. The van der Waals surface area contributed by atoms with Gasteiger partial charge < -0.3 is 34.7 Å². The minimum Gasteiger partial charge on any atom is -0.439 e. The summed E-state index contributed by atoms with van der Waals surface area (Å²) in [6, 6.07) is 0. The number of methoxy groups -OCH3 is 4. The molecule has 3 N–H and O–H groups in total. The van der Waals surface area contributed by atoms with Crippen LogP contribution in [0.2, 0.25) is 0 Å². The lowest BCUT2D eigenvalue weighted by atomic mass is 9.84. The zero-order valence-corrected chi connectivity index (χ0v) is 26.9. The van der Waals surface area contributed by atoms with Crippen LogP contribution in [0.5, 0.6) is 0 Å². The van der Waals surface area contributed by atoms with Crippen molar-refractivity contribution < 1.29 is 42.9 Å². The van der Waals surface area contributed by atoms with E-state index in [1.807, 2.05) is 19.9 Å². The Morgan fingerprint density at radius 2 is 1.67 bits per heavy atom. The van der Waals surface area contributed by atoms with Crippen LogP contribution in [-0.4, -0.2) is 82.5 Å². The number of carbonyl (C=O) groups excluding carboxylic acids is 4. The molecule has 0 fully saturated rings. The lowest BCUT2D eigenvalue weighted by molar-refractivity contribution is -0.120. The summed E-state index contributed by atoms with van der Waals surface area (Å²) >= 11 is 3.16. The Morgan fingerprint density at radius 3 is 2.21 bits per heavy atom. The summed E-state index contributed by atoms with van der Waals surface area (Å²) in [5.41, 5.74) is 6.22. The van der Waals surface area contributed by atoms with E-state index < -0.39 is 54.1 Å². The van der Waals surface area contributed by atoms with Gasteiger partial charge in [-0.15, -0.1) is 0 Å². The van der Waals surface area contributed by atoms with Crippen molar-refractivity contribution >= 4 is 39.5 Å². The van der Waals surface area contributed by atoms with Crippen LogP contribution >= 0.6 is 15.9 Å². The number of nitrogens with two attached hydrogens (primary N) is 1. The van der Waals surface area contributed by atoms with Crippen LogP contribution in [0.25, 0.3) is 0 Å². The van der Waals surface area contributed by atoms with Crippen LogP contribution in [0.4, 0.5) is 4.79 Å². The molecule has 42 heavy (non-hydrogen) atoms. The van der Waals surface area contributed by atoms with E-state index in [1.165, 1.54) is 26.4 Å². The zero-order chi connectivity index (χ0) is 31.7. The molecule has 7 atom stereocenters. The summed E-state index contributed by atoms with van der Waals surface area (Å²) in [4.78, 5) is 51.3. The predicted octanol–water partition coefficient (Wildman–Crippen LogP) is 3.44. The molecule has 0 saturated carbocycles. The van der Waals surface area contributed by atoms with Crippen LogP contribution in [0, 0.1) is 11.8 Å². The molecule has 1 aliphatic carbocycles. The fourth-order valence-electron chi connectivity index (χ4n) is 5.23. The molecule has 0 unspecified atom stereocenters. The number of nitrogens with one attached hydrogen (secondary N) is 1. The molecule has 0 radical (unpaired) electrons. The molecule has 0 aromatic carbocycles. The highest BCUT2D eigenvalue weighted by Gasteiger charge is 2.38. The number of hydrogen-bond acceptors (Lipinski definition) is 9. The molecule has 0 saturated heterocycles. The molecular weight excluding hydrogens is 612 g/mol. The van der Waals surface area contributed by atoms with Gasteiger partial charge in [0.05, 0.1) is 22.8 Å². The average Bonchev–Trinajstić information content (AvgIpc) is 2.94. The van der Waals surface area contributed by atoms with E-state index in [9.17, 15) is 19.2 Å². The molecule has 12 heteroatoms. The summed E-state index contributed by atoms with van der Waals surface area (Å²) in [5.74, 6) is -2.16. The second-order valence-corrected chi connectivity index (χ2v) is 11.1. The molecule has 2 rings (SSSR count). The van der Waals surface area contributed by atoms with E-state index in [0.29, 0.717) is 12.0 Å². The Balaban J connectivity index is 2.70. The number of halogens is 1. The Morgan fingerprint density at radius 1 is 1.00 bits per heavy atom. The number of ether oxygens (including phenoxy) is 5. The highest BCUT2D eigenvalue weighted by Crippen LogP contribution is 2.32. The standard InChI is InChI=1S/C30H41BrN2O9/c1-15-10-9-11-21(38-5)28(42-30(32)37)17(3)12-16(2)27(41-8)22(39-6)13-18(4)26(40-7)19-14-20(34)23(31)24(25(19)35)33-29(15)36/h9-12,14,16,18,21-22,26-28H,13H2,1-8H3,(H2,32,37)(H,33,36)/b11-9-,15-10+,17-12+/t16-,18-,21-,22-,26+,27+,28-/m0/s1. The number of primary amides is 1. The van der Waals surface area contributed by atoms with Gasteiger partial charge in [-0.1, -0.05) is 38.2 Å². The Labute approximate surface area is 255 Å². The van der Waals surface area contributed by atoms with Gasteiger partial charge in [-0.2, -0.15) is 0 Å². The number of fused-ring (bicyclic) bond motifs is 2. The first-order chi connectivity index (χ1) is 19.8. The molecule has 0 aromatic rings. The predicted molar refractivity (Wildman–Crippen MR) is 159 cm³/mol. The second-order valence-electron chi connectivity index (χ2n) is 10.3. The minimum atomic E-state index is -0.976. The Kier molecular flexibility index (Phi) is 13.5. The largest absolute Gasteiger partial charge is 0.439 e. The molecule has 232 valence electrons. The number of amides is 2. The van der Waals surface area contributed by atoms with E-state index in [1.54, 1.807) is 40.2 Å². The van der Waals surface area contributed by atoms with Crippen molar-refractivity contribution in [1.82, 2.24) is 5.32 Å². The quantitative estimate of drug-likeness (QED) is 0.336. The maximum atomic E-state index is 13.6. The molecule has 0 spiro atoms. The van der Waals surface area contributed by atoms with Crippen molar-refractivity contribution in [3.8, 4) is 0 Å². The van der Waals surface area contributed by atoms with Gasteiger partial charge in [0.25, 0.3) is 5.91 Å². The van der Waals surface area contributed by atoms with Gasteiger partial charge in [0.2, 0.25) is 5.78 Å². The van der Waals surface area contributed by atoms with Gasteiger partial charge in [0.1, 0.15) is 11.8 Å². The van der Waals surface area contributed by atoms with Crippen LogP contribution < -0.4 is 11.1 Å². The van der Waals surface area contributed by atoms with Gasteiger partial charge in [-0.3, -0.25) is 14.4 Å². The topological polar surface area (TPSA) is 152 Å². The summed E-state index contributed by atoms with van der Waals surface area (Å²) in [7, 11) is 6.04. The highest BCUT2D eigenvalue weighted by molar-refractivity contribution is 9.12. The maximum Gasteiger partial charge on any atom is 0.405 e. The summed E-state index contributed by atoms with van der Waals surface area (Å²) < 4.78 is 28.4. The monoisotopic (exact) mass is 652 g/mol. The number of rotatable bonds is 5. The lowest BCUT2D eigenvalue weighted by Gasteiger charge is -2.34. The van der Waals surface area contributed by atoms with Crippen molar-refractivity contribution in [1.29, 1.82) is 0 Å². The van der Waals surface area contributed by atoms with Crippen LogP contribution in [0.1, 0.15) is 34.1 Å². The minimum absolute atomic E-state index is 0.0585. The molecule has 0 aromatic heterocycles. The third kappa shape index (κ3) is 8.57. The highest BCUT2D eigenvalue weighted by atomic mass is 79.9. The van der Waals surface area contributed by atoms with Crippen molar-refractivity contribution in [2.24, 2.45) is 17.6 Å². The maximum absolute atomic E-state index is 13.6.